The highest BCUT2D eigenvalue weighted by Gasteiger charge is 2.35. The van der Waals surface area contributed by atoms with E-state index in [9.17, 15) is 13.5 Å². The van der Waals surface area contributed by atoms with Crippen LogP contribution in [0.3, 0.4) is 0 Å². The van der Waals surface area contributed by atoms with E-state index in [0.29, 0.717) is 4.90 Å². The number of rotatable bonds is 4. The third-order valence-corrected chi connectivity index (χ3v) is 5.29. The molecule has 1 aromatic rings. The predicted molar refractivity (Wildman–Crippen MR) is 77.7 cm³/mol. The van der Waals surface area contributed by atoms with Gasteiger partial charge in [-0.15, -0.1) is 0 Å². The summed E-state index contributed by atoms with van der Waals surface area (Å²) >= 11 is 0. The second-order valence-electron chi connectivity index (χ2n) is 5.77. The van der Waals surface area contributed by atoms with E-state index in [4.69, 9.17) is 0 Å². The number of aliphatic hydroxyl groups excluding tert-OH is 1. The lowest BCUT2D eigenvalue weighted by atomic mass is 9.91. The van der Waals surface area contributed by atoms with E-state index in [0.717, 1.165) is 0 Å². The van der Waals surface area contributed by atoms with Gasteiger partial charge in [-0.3, -0.25) is 0 Å². The quantitative estimate of drug-likeness (QED) is 0.864. The summed E-state index contributed by atoms with van der Waals surface area (Å²) in [5.74, 6) is 0. The van der Waals surface area contributed by atoms with Crippen molar-refractivity contribution in [2.24, 2.45) is 5.41 Å². The summed E-state index contributed by atoms with van der Waals surface area (Å²) in [5.41, 5.74) is -0.444. The molecule has 1 N–H and O–H groups in total. The minimum Gasteiger partial charge on any atom is -0.389 e. The fraction of sp³-hybridized carbons (Fsp3) is 0.467. The third-order valence-electron chi connectivity index (χ3n) is 2.82. The van der Waals surface area contributed by atoms with Crippen molar-refractivity contribution in [2.75, 3.05) is 0 Å². The Morgan fingerprint density at radius 1 is 1.11 bits per heavy atom. The SMILES string of the molecule is C[C@@H](O)C=C[C@@H](C(C)(C)C)S(=O)(=O)c1ccccc1. The second kappa shape index (κ2) is 5.88. The monoisotopic (exact) mass is 282 g/mol. The number of benzene rings is 1. The highest BCUT2D eigenvalue weighted by atomic mass is 32.2. The lowest BCUT2D eigenvalue weighted by Crippen LogP contribution is -2.33. The Kier molecular flexibility index (Phi) is 4.93. The lowest BCUT2D eigenvalue weighted by molar-refractivity contribution is 0.243. The molecule has 2 atom stereocenters. The fourth-order valence-electron chi connectivity index (χ4n) is 1.88. The van der Waals surface area contributed by atoms with Crippen LogP contribution in [-0.4, -0.2) is 24.9 Å². The van der Waals surface area contributed by atoms with E-state index < -0.39 is 26.6 Å². The average Bonchev–Trinajstić information content (AvgIpc) is 2.27. The first-order chi connectivity index (χ1) is 8.65. The van der Waals surface area contributed by atoms with Crippen molar-refractivity contribution in [3.8, 4) is 0 Å². The maximum atomic E-state index is 12.7. The molecule has 0 aliphatic heterocycles. The summed E-state index contributed by atoms with van der Waals surface area (Å²) in [6.07, 6.45) is 2.46. The van der Waals surface area contributed by atoms with E-state index >= 15 is 0 Å². The molecule has 0 saturated heterocycles. The van der Waals surface area contributed by atoms with Crippen LogP contribution in [0.4, 0.5) is 0 Å². The van der Waals surface area contributed by atoms with Gasteiger partial charge in [0.15, 0.2) is 9.84 Å². The van der Waals surface area contributed by atoms with Gasteiger partial charge in [-0.25, -0.2) is 8.42 Å². The van der Waals surface area contributed by atoms with Gasteiger partial charge < -0.3 is 5.11 Å². The molecule has 0 unspecified atom stereocenters. The zero-order valence-corrected chi connectivity index (χ0v) is 12.7. The fourth-order valence-corrected chi connectivity index (χ4v) is 3.93. The van der Waals surface area contributed by atoms with Crippen molar-refractivity contribution in [1.29, 1.82) is 0 Å². The van der Waals surface area contributed by atoms with Crippen LogP contribution in [0.5, 0.6) is 0 Å². The first kappa shape index (κ1) is 15.9. The van der Waals surface area contributed by atoms with Crippen molar-refractivity contribution >= 4 is 9.84 Å². The number of hydrogen-bond acceptors (Lipinski definition) is 3. The average molecular weight is 282 g/mol. The summed E-state index contributed by atoms with van der Waals surface area (Å²) in [6, 6.07) is 8.42. The molecule has 19 heavy (non-hydrogen) atoms. The number of hydrogen-bond donors (Lipinski definition) is 1. The van der Waals surface area contributed by atoms with Gasteiger partial charge in [-0.05, 0) is 24.5 Å². The molecular formula is C15H22O3S. The zero-order chi connectivity index (χ0) is 14.7. The van der Waals surface area contributed by atoms with Crippen molar-refractivity contribution in [3.05, 3.63) is 42.5 Å². The van der Waals surface area contributed by atoms with Crippen molar-refractivity contribution in [2.45, 2.75) is 43.9 Å². The Balaban J connectivity index is 3.26. The van der Waals surface area contributed by atoms with Crippen molar-refractivity contribution in [1.82, 2.24) is 0 Å². The smallest absolute Gasteiger partial charge is 0.185 e. The molecule has 1 aromatic carbocycles. The van der Waals surface area contributed by atoms with E-state index in [2.05, 4.69) is 0 Å². The maximum Gasteiger partial charge on any atom is 0.185 e. The second-order valence-corrected chi connectivity index (χ2v) is 7.84. The minimum absolute atomic E-state index is 0.310. The van der Waals surface area contributed by atoms with E-state index in [1.165, 1.54) is 6.08 Å². The summed E-state index contributed by atoms with van der Waals surface area (Å²) < 4.78 is 25.3. The molecule has 0 fully saturated rings. The van der Waals surface area contributed by atoms with Crippen LogP contribution < -0.4 is 0 Å². The molecule has 0 radical (unpaired) electrons. The molecule has 0 aliphatic carbocycles. The lowest BCUT2D eigenvalue weighted by Gasteiger charge is -2.28. The number of aliphatic hydroxyl groups is 1. The first-order valence-corrected chi connectivity index (χ1v) is 7.85. The highest BCUT2D eigenvalue weighted by Crippen LogP contribution is 2.31. The summed E-state index contributed by atoms with van der Waals surface area (Å²) in [5, 5.41) is 8.65. The molecule has 0 amide bonds. The molecule has 0 aromatic heterocycles. The Labute approximate surface area is 115 Å². The van der Waals surface area contributed by atoms with Gasteiger partial charge in [0.2, 0.25) is 0 Å². The molecule has 0 saturated carbocycles. The molecular weight excluding hydrogens is 260 g/mol. The predicted octanol–water partition coefficient (Wildman–Crippen LogP) is 2.81. The minimum atomic E-state index is -3.45. The van der Waals surface area contributed by atoms with Gasteiger partial charge in [0, 0.05) is 0 Å². The molecule has 1 rings (SSSR count). The van der Waals surface area contributed by atoms with Gasteiger partial charge in [-0.1, -0.05) is 51.1 Å². The van der Waals surface area contributed by atoms with Crippen LogP contribution >= 0.6 is 0 Å². The van der Waals surface area contributed by atoms with Crippen LogP contribution in [-0.2, 0) is 9.84 Å². The highest BCUT2D eigenvalue weighted by molar-refractivity contribution is 7.92. The Hall–Kier alpha value is -1.13. The van der Waals surface area contributed by atoms with E-state index in [1.54, 1.807) is 43.3 Å². The van der Waals surface area contributed by atoms with Crippen LogP contribution in [0.2, 0.25) is 0 Å². The van der Waals surface area contributed by atoms with Crippen molar-refractivity contribution in [3.63, 3.8) is 0 Å². The van der Waals surface area contributed by atoms with Gasteiger partial charge >= 0.3 is 0 Å². The van der Waals surface area contributed by atoms with E-state index in [-0.39, 0.29) is 0 Å². The molecule has 0 heterocycles. The summed E-state index contributed by atoms with van der Waals surface area (Å²) in [7, 11) is -3.45. The van der Waals surface area contributed by atoms with Gasteiger partial charge in [0.05, 0.1) is 16.2 Å². The Morgan fingerprint density at radius 2 is 1.63 bits per heavy atom. The Morgan fingerprint density at radius 3 is 2.05 bits per heavy atom. The molecule has 0 bridgehead atoms. The first-order valence-electron chi connectivity index (χ1n) is 6.31. The maximum absolute atomic E-state index is 12.7. The van der Waals surface area contributed by atoms with Crippen LogP contribution in [0.15, 0.2) is 47.4 Å². The van der Waals surface area contributed by atoms with Crippen molar-refractivity contribution < 1.29 is 13.5 Å². The van der Waals surface area contributed by atoms with Crippen LogP contribution in [0.1, 0.15) is 27.7 Å². The standard InChI is InChI=1S/C15H22O3S/c1-12(16)10-11-14(15(2,3)4)19(17,18)13-8-6-5-7-9-13/h5-12,14,16H,1-4H3/t12-,14+/m1/s1. The molecule has 3 nitrogen and oxygen atoms in total. The largest absolute Gasteiger partial charge is 0.389 e. The topological polar surface area (TPSA) is 54.4 Å². The Bertz CT molecular complexity index is 522. The van der Waals surface area contributed by atoms with Gasteiger partial charge in [0.25, 0.3) is 0 Å². The molecule has 106 valence electrons. The molecule has 0 aliphatic rings. The summed E-state index contributed by atoms with van der Waals surface area (Å²) in [6.45, 7) is 7.24. The normalized spacial score (nSPS) is 16.5. The third kappa shape index (κ3) is 4.18. The molecule has 4 heteroatoms. The van der Waals surface area contributed by atoms with Gasteiger partial charge in [0.1, 0.15) is 0 Å². The number of sulfone groups is 1. The zero-order valence-electron chi connectivity index (χ0n) is 11.9. The molecule has 0 spiro atoms. The van der Waals surface area contributed by atoms with Crippen LogP contribution in [0.25, 0.3) is 0 Å². The summed E-state index contributed by atoms with van der Waals surface area (Å²) in [4.78, 5) is 0.310. The van der Waals surface area contributed by atoms with E-state index in [1.807, 2.05) is 20.8 Å². The van der Waals surface area contributed by atoms with Gasteiger partial charge in [-0.2, -0.15) is 0 Å². The van der Waals surface area contributed by atoms with Crippen LogP contribution in [0, 0.1) is 5.41 Å².